The minimum Gasteiger partial charge on any atom is -0.478 e. The molecule has 0 aliphatic heterocycles. The Hall–Kier alpha value is -4.71. The Bertz CT molecular complexity index is 1750. The summed E-state index contributed by atoms with van der Waals surface area (Å²) in [5.74, 6) is -0.680. The van der Waals surface area contributed by atoms with Gasteiger partial charge in [0.15, 0.2) is 0 Å². The van der Waals surface area contributed by atoms with E-state index in [0.717, 1.165) is 44.4 Å². The number of carbonyl (C=O) groups excluding carboxylic acids is 1. The third-order valence-electron chi connectivity index (χ3n) is 7.96. The van der Waals surface area contributed by atoms with E-state index in [1.54, 1.807) is 12.1 Å². The van der Waals surface area contributed by atoms with E-state index in [4.69, 9.17) is 0 Å². The van der Waals surface area contributed by atoms with Crippen molar-refractivity contribution in [1.82, 2.24) is 14.9 Å². The second kappa shape index (κ2) is 11.4. The molecule has 3 aromatic carbocycles. The minimum atomic E-state index is -0.936. The van der Waals surface area contributed by atoms with Crippen molar-refractivity contribution in [2.45, 2.75) is 53.1 Å². The van der Waals surface area contributed by atoms with Crippen LogP contribution in [0.5, 0.6) is 0 Å². The van der Waals surface area contributed by atoms with Gasteiger partial charge < -0.3 is 15.0 Å². The Kier molecular flexibility index (Phi) is 7.75. The molecule has 6 nitrogen and oxygen atoms in total. The molecular weight excluding hydrogens is 510 g/mol. The number of carbonyl (C=O) groups is 2. The van der Waals surface area contributed by atoms with Gasteiger partial charge in [-0.1, -0.05) is 62.4 Å². The van der Waals surface area contributed by atoms with Gasteiger partial charge in [0.2, 0.25) is 0 Å². The van der Waals surface area contributed by atoms with Crippen LogP contribution in [-0.2, 0) is 6.54 Å². The second-order valence-corrected chi connectivity index (χ2v) is 11.0. The number of fused-ring (bicyclic) bond motifs is 1. The van der Waals surface area contributed by atoms with Crippen molar-refractivity contribution in [3.8, 4) is 11.1 Å². The summed E-state index contributed by atoms with van der Waals surface area (Å²) in [6, 6.07) is 22.9. The molecule has 2 aromatic heterocycles. The number of nitrogens with one attached hydrogen (secondary N) is 1. The Morgan fingerprint density at radius 1 is 0.902 bits per heavy atom. The van der Waals surface area contributed by atoms with Crippen molar-refractivity contribution in [2.75, 3.05) is 0 Å². The highest BCUT2D eigenvalue weighted by Gasteiger charge is 2.17. The number of aromatic carboxylic acids is 1. The van der Waals surface area contributed by atoms with Gasteiger partial charge in [0, 0.05) is 41.1 Å². The third kappa shape index (κ3) is 5.64. The molecule has 6 heteroatoms. The first-order valence-electron chi connectivity index (χ1n) is 13.9. The maximum atomic E-state index is 13.2. The topological polar surface area (TPSA) is 84.2 Å². The van der Waals surface area contributed by atoms with Crippen LogP contribution in [0.15, 0.2) is 85.2 Å². The predicted molar refractivity (Wildman–Crippen MR) is 164 cm³/mol. The van der Waals surface area contributed by atoms with Crippen molar-refractivity contribution >= 4 is 22.8 Å². The van der Waals surface area contributed by atoms with Crippen LogP contribution in [-0.4, -0.2) is 26.5 Å². The number of carboxylic acids is 1. The molecule has 1 amide bonds. The molecule has 0 saturated heterocycles. The number of amides is 1. The zero-order chi connectivity index (χ0) is 29.3. The maximum absolute atomic E-state index is 13.2. The normalized spacial score (nSPS) is 12.0. The fourth-order valence-corrected chi connectivity index (χ4v) is 5.28. The maximum Gasteiger partial charge on any atom is 0.336 e. The smallest absolute Gasteiger partial charge is 0.336 e. The van der Waals surface area contributed by atoms with Gasteiger partial charge >= 0.3 is 5.97 Å². The first kappa shape index (κ1) is 27.8. The largest absolute Gasteiger partial charge is 0.478 e. The van der Waals surface area contributed by atoms with Gasteiger partial charge in [0.1, 0.15) is 0 Å². The summed E-state index contributed by atoms with van der Waals surface area (Å²) in [5, 5.41) is 13.7. The average molecular weight is 546 g/mol. The number of hydrogen-bond acceptors (Lipinski definition) is 3. The highest BCUT2D eigenvalue weighted by atomic mass is 16.4. The lowest BCUT2D eigenvalue weighted by Gasteiger charge is -2.16. The third-order valence-corrected chi connectivity index (χ3v) is 7.96. The molecule has 5 rings (SSSR count). The molecule has 0 fully saturated rings. The van der Waals surface area contributed by atoms with Crippen molar-refractivity contribution in [3.63, 3.8) is 0 Å². The number of hydrogen-bond donors (Lipinski definition) is 2. The van der Waals surface area contributed by atoms with Crippen molar-refractivity contribution < 1.29 is 14.7 Å². The molecule has 0 radical (unpaired) electrons. The van der Waals surface area contributed by atoms with E-state index in [9.17, 15) is 14.7 Å². The summed E-state index contributed by atoms with van der Waals surface area (Å²) in [4.78, 5) is 29.2. The molecule has 5 aromatic rings. The van der Waals surface area contributed by atoms with E-state index >= 15 is 0 Å². The van der Waals surface area contributed by atoms with Crippen LogP contribution in [0.3, 0.4) is 0 Å². The molecule has 0 saturated carbocycles. The van der Waals surface area contributed by atoms with Crippen LogP contribution in [0.2, 0.25) is 0 Å². The Morgan fingerprint density at radius 3 is 2.32 bits per heavy atom. The van der Waals surface area contributed by atoms with Crippen LogP contribution in [0, 0.1) is 13.8 Å². The molecule has 0 unspecified atom stereocenters. The molecule has 0 bridgehead atoms. The first-order chi connectivity index (χ1) is 19.6. The van der Waals surface area contributed by atoms with Gasteiger partial charge in [0.25, 0.3) is 5.91 Å². The molecule has 41 heavy (non-hydrogen) atoms. The summed E-state index contributed by atoms with van der Waals surface area (Å²) < 4.78 is 2.26. The standard InChI is InChI=1S/C35H35N3O3/c1-21(2)28-16-29(19-36-18-28)23(4)37-34(39)27-14-15-33-32(17-27)22(3)24(5)38(33)20-25-10-12-26(13-11-25)30-8-6-7-9-31(30)35(40)41/h6-19,21,23H,20H2,1-5H3,(H,37,39)(H,40,41)/t23-/m0/s1. The van der Waals surface area contributed by atoms with Crippen LogP contribution >= 0.6 is 0 Å². The molecule has 1 atom stereocenters. The van der Waals surface area contributed by atoms with Crippen molar-refractivity contribution in [2.24, 2.45) is 0 Å². The van der Waals surface area contributed by atoms with Gasteiger partial charge in [-0.15, -0.1) is 0 Å². The van der Waals surface area contributed by atoms with E-state index in [2.05, 4.69) is 48.6 Å². The first-order valence-corrected chi connectivity index (χ1v) is 13.9. The second-order valence-electron chi connectivity index (χ2n) is 11.0. The molecular formula is C35H35N3O3. The van der Waals surface area contributed by atoms with Crippen LogP contribution in [0.4, 0.5) is 0 Å². The van der Waals surface area contributed by atoms with E-state index in [1.807, 2.05) is 73.9 Å². The fourth-order valence-electron chi connectivity index (χ4n) is 5.28. The van der Waals surface area contributed by atoms with Crippen LogP contribution in [0.1, 0.15) is 81.4 Å². The molecule has 0 aliphatic rings. The molecule has 0 spiro atoms. The fraction of sp³-hybridized carbons (Fsp3) is 0.229. The predicted octanol–water partition coefficient (Wildman–Crippen LogP) is 7.68. The van der Waals surface area contributed by atoms with Gasteiger partial charge in [-0.3, -0.25) is 9.78 Å². The van der Waals surface area contributed by atoms with E-state index in [0.29, 0.717) is 23.6 Å². The number of aromatic nitrogens is 2. The van der Waals surface area contributed by atoms with E-state index < -0.39 is 5.97 Å². The number of carboxylic acid groups (broad SMARTS) is 1. The van der Waals surface area contributed by atoms with Crippen molar-refractivity contribution in [3.05, 3.63) is 124 Å². The number of nitrogens with zero attached hydrogens (tertiary/aromatic N) is 2. The van der Waals surface area contributed by atoms with Gasteiger partial charge in [0.05, 0.1) is 11.6 Å². The number of pyridine rings is 1. The highest BCUT2D eigenvalue weighted by molar-refractivity contribution is 5.99. The quantitative estimate of drug-likeness (QED) is 0.209. The molecule has 2 heterocycles. The van der Waals surface area contributed by atoms with Gasteiger partial charge in [-0.05, 0) is 84.3 Å². The monoisotopic (exact) mass is 545 g/mol. The van der Waals surface area contributed by atoms with Crippen molar-refractivity contribution in [1.29, 1.82) is 0 Å². The van der Waals surface area contributed by atoms with Crippen LogP contribution in [0.25, 0.3) is 22.0 Å². The molecule has 2 N–H and O–H groups in total. The zero-order valence-electron chi connectivity index (χ0n) is 24.1. The zero-order valence-corrected chi connectivity index (χ0v) is 24.1. The number of benzene rings is 3. The van der Waals surface area contributed by atoms with Gasteiger partial charge in [-0.2, -0.15) is 0 Å². The summed E-state index contributed by atoms with van der Waals surface area (Å²) in [7, 11) is 0. The average Bonchev–Trinajstić information content (AvgIpc) is 3.21. The lowest BCUT2D eigenvalue weighted by molar-refractivity contribution is 0.0697. The summed E-state index contributed by atoms with van der Waals surface area (Å²) in [6.45, 7) is 11.1. The molecule has 208 valence electrons. The SMILES string of the molecule is Cc1c(C)n(Cc2ccc(-c3ccccc3C(=O)O)cc2)c2ccc(C(=O)N[C@@H](C)c3cncc(C(C)C)c3)cc12. The van der Waals surface area contributed by atoms with Crippen LogP contribution < -0.4 is 5.32 Å². The molecule has 0 aliphatic carbocycles. The number of aryl methyl sites for hydroxylation is 1. The van der Waals surface area contributed by atoms with E-state index in [-0.39, 0.29) is 17.5 Å². The van der Waals surface area contributed by atoms with Gasteiger partial charge in [-0.25, -0.2) is 4.79 Å². The van der Waals surface area contributed by atoms with E-state index in [1.165, 1.54) is 0 Å². The summed E-state index contributed by atoms with van der Waals surface area (Å²) in [5.41, 5.74) is 9.08. The minimum absolute atomic E-state index is 0.114. The summed E-state index contributed by atoms with van der Waals surface area (Å²) >= 11 is 0. The Labute approximate surface area is 240 Å². The number of rotatable bonds is 8. The Morgan fingerprint density at radius 2 is 1.61 bits per heavy atom. The lowest BCUT2D eigenvalue weighted by Crippen LogP contribution is -2.26. The highest BCUT2D eigenvalue weighted by Crippen LogP contribution is 2.29. The summed E-state index contributed by atoms with van der Waals surface area (Å²) in [6.07, 6.45) is 3.68. The Balaban J connectivity index is 1.37. The lowest BCUT2D eigenvalue weighted by atomic mass is 9.99.